The molecular formula is C60H82N18O14. The number of aromatic hydroxyl groups is 1. The third-order valence-electron chi connectivity index (χ3n) is 13.8. The third-order valence-corrected chi connectivity index (χ3v) is 13.8. The molecular weight excluding hydrogens is 1200 g/mol. The van der Waals surface area contributed by atoms with E-state index in [9.17, 15) is 67.7 Å². The Morgan fingerprint density at radius 3 is 1.41 bits per heavy atom. The van der Waals surface area contributed by atoms with Gasteiger partial charge in [-0.15, -0.1) is 0 Å². The lowest BCUT2D eigenvalue weighted by atomic mass is 10.0. The number of guanidine groups is 1. The molecule has 0 unspecified atom stereocenters. The van der Waals surface area contributed by atoms with Crippen molar-refractivity contribution in [1.82, 2.24) is 63.7 Å². The van der Waals surface area contributed by atoms with Crippen molar-refractivity contribution in [2.75, 3.05) is 20.2 Å². The number of nitrogens with two attached hydrogens (primary N) is 5. The van der Waals surface area contributed by atoms with Crippen molar-refractivity contribution in [2.24, 2.45) is 39.6 Å². The zero-order chi connectivity index (χ0) is 67.9. The number of carbonyl (C=O) groups is 12. The van der Waals surface area contributed by atoms with Gasteiger partial charge in [-0.3, -0.25) is 68.1 Å². The molecule has 4 rings (SSSR count). The second-order valence-electron chi connectivity index (χ2n) is 21.7. The maximum atomic E-state index is 14.2. The summed E-state index contributed by atoms with van der Waals surface area (Å²) >= 11 is 0. The van der Waals surface area contributed by atoms with Gasteiger partial charge < -0.3 is 86.7 Å². The fraction of sp³-hybridized carbons (Fsp3) is 0.400. The summed E-state index contributed by atoms with van der Waals surface area (Å²) in [6, 6.07) is 10.8. The Labute approximate surface area is 529 Å². The van der Waals surface area contributed by atoms with Gasteiger partial charge in [0.05, 0.1) is 25.5 Å². The molecule has 0 bridgehead atoms. The second kappa shape index (κ2) is 37.9. The average molecular weight is 1280 g/mol. The summed E-state index contributed by atoms with van der Waals surface area (Å²) in [5, 5.41) is 42.5. The fourth-order valence-electron chi connectivity index (χ4n) is 8.98. The van der Waals surface area contributed by atoms with E-state index in [1.54, 1.807) is 74.5 Å². The van der Waals surface area contributed by atoms with E-state index in [1.165, 1.54) is 55.8 Å². The predicted molar refractivity (Wildman–Crippen MR) is 333 cm³/mol. The van der Waals surface area contributed by atoms with Gasteiger partial charge in [-0.2, -0.15) is 0 Å². The van der Waals surface area contributed by atoms with Crippen LogP contribution in [0.2, 0.25) is 0 Å². The Morgan fingerprint density at radius 2 is 0.902 bits per heavy atom. The zero-order valence-electron chi connectivity index (χ0n) is 51.0. The molecule has 3 aromatic carbocycles. The van der Waals surface area contributed by atoms with Crippen molar-refractivity contribution >= 4 is 77.0 Å². The number of hydrogen-bond acceptors (Lipinski definition) is 17. The normalized spacial score (nSPS) is 14.0. The summed E-state index contributed by atoms with van der Waals surface area (Å²) in [4.78, 5) is 170. The number of hydrogen-bond donors (Lipinski definition) is 18. The van der Waals surface area contributed by atoms with Crippen LogP contribution < -0.4 is 87.4 Å². The number of aromatic nitrogens is 1. The number of aliphatic hydroxyl groups excluding tert-OH is 1. The largest absolute Gasteiger partial charge is 0.508 e. The molecule has 496 valence electrons. The highest BCUT2D eigenvalue weighted by Crippen LogP contribution is 2.13. The number of amides is 13. The van der Waals surface area contributed by atoms with Crippen molar-refractivity contribution in [3.05, 3.63) is 132 Å². The van der Waals surface area contributed by atoms with E-state index in [4.69, 9.17) is 28.7 Å². The molecule has 0 saturated heterocycles. The minimum Gasteiger partial charge on any atom is -0.508 e. The maximum absolute atomic E-state index is 14.2. The van der Waals surface area contributed by atoms with Crippen LogP contribution in [0, 0.1) is 5.92 Å². The number of aliphatic imine (C=N–C) groups is 1. The molecule has 0 spiro atoms. The van der Waals surface area contributed by atoms with Crippen LogP contribution >= 0.6 is 0 Å². The highest BCUT2D eigenvalue weighted by Gasteiger charge is 2.35. The lowest BCUT2D eigenvalue weighted by Gasteiger charge is -2.27. The monoisotopic (exact) mass is 1280 g/mol. The minimum absolute atomic E-state index is 0.0130. The number of phenols is 1. The van der Waals surface area contributed by atoms with E-state index in [0.29, 0.717) is 22.3 Å². The summed E-state index contributed by atoms with van der Waals surface area (Å²) < 4.78 is 0. The maximum Gasteiger partial charge on any atom is 0.334 e. The summed E-state index contributed by atoms with van der Waals surface area (Å²) in [7, 11) is 1.47. The molecule has 0 aliphatic rings. The molecule has 9 atom stereocenters. The number of primary amides is 3. The van der Waals surface area contributed by atoms with Gasteiger partial charge >= 0.3 is 6.03 Å². The smallest absolute Gasteiger partial charge is 0.334 e. The SMILES string of the molecule is CN=C(N)NCCC[C@H](NC(=O)[C@H](CC(C)C)NC(=O)NNC(=O)[C@H](Cc1ccccc1)NC(=O)[C@H](CO)NC(=O)[C@H](CC(N)=O)NC(=O)[C@@H](Cc1ccncc1)NC(=O)[C@H](CC(N)=O)NC(=O)[C@H](N)Cc1ccc(O)cc1)C(=O)N[C@@H](Cc1ccccc1)C(N)=O. The molecule has 0 aliphatic heterocycles. The Hall–Kier alpha value is -10.8. The van der Waals surface area contributed by atoms with Crippen LogP contribution in [-0.2, 0) is 78.4 Å². The minimum atomic E-state index is -1.91. The van der Waals surface area contributed by atoms with Crippen LogP contribution in [0.15, 0.2) is 114 Å². The number of phenolic OH excluding ortho intramolecular Hbond substituents is 1. The van der Waals surface area contributed by atoms with Crippen molar-refractivity contribution < 1.29 is 67.7 Å². The topological polar surface area (TPSA) is 533 Å². The summed E-state index contributed by atoms with van der Waals surface area (Å²) in [5.74, 6) is -11.4. The molecule has 1 aromatic heterocycles. The van der Waals surface area contributed by atoms with E-state index in [1.807, 2.05) is 0 Å². The van der Waals surface area contributed by atoms with Crippen molar-refractivity contribution in [2.45, 2.75) is 126 Å². The molecule has 32 nitrogen and oxygen atoms in total. The molecule has 92 heavy (non-hydrogen) atoms. The highest BCUT2D eigenvalue weighted by molar-refractivity contribution is 5.99. The highest BCUT2D eigenvalue weighted by atomic mass is 16.3. The molecule has 23 N–H and O–H groups in total. The molecule has 0 saturated carbocycles. The lowest BCUT2D eigenvalue weighted by Crippen LogP contribution is -2.62. The van der Waals surface area contributed by atoms with Crippen LogP contribution in [0.25, 0.3) is 0 Å². The number of nitrogens with zero attached hydrogens (tertiary/aromatic N) is 2. The number of carbonyl (C=O) groups excluding carboxylic acids is 12. The van der Waals surface area contributed by atoms with E-state index >= 15 is 0 Å². The van der Waals surface area contributed by atoms with Gasteiger partial charge in [-0.05, 0) is 78.1 Å². The van der Waals surface area contributed by atoms with Gasteiger partial charge in [-0.1, -0.05) is 86.6 Å². The van der Waals surface area contributed by atoms with Crippen molar-refractivity contribution in [1.29, 1.82) is 0 Å². The second-order valence-corrected chi connectivity index (χ2v) is 21.7. The third kappa shape index (κ3) is 26.5. The number of hydrazine groups is 1. The van der Waals surface area contributed by atoms with Crippen LogP contribution in [0.4, 0.5) is 4.79 Å². The molecule has 1 heterocycles. The Balaban J connectivity index is 1.50. The number of aliphatic hydroxyl groups is 1. The Morgan fingerprint density at radius 1 is 0.478 bits per heavy atom. The quantitative estimate of drug-likeness (QED) is 0.00878. The first kappa shape index (κ1) is 73.7. The standard InChI is InChI=1S/C60H82N18O14/c1-33(2)25-42(53(86)69-40(15-10-22-68-59(65)66-3)52(85)70-41(50(64)83)27-34-11-6-4-7-12-34)76-60(92)78-77-58(91)44(28-35-13-8-5-9-14-35)73-57(90)47(32-79)75-56(89)46(31-49(63)82)74-54(87)43(29-37-20-23-67-24-21-37)72-55(88)45(30-48(62)81)71-51(84)39(61)26-36-16-18-38(80)19-17-36/h4-9,11-14,16-21,23-24,33,39-47,79-80H,10,15,22,25-32,61H2,1-3H3,(H2,62,81)(H2,63,82)(H2,64,83)(H,69,86)(H,70,85)(H,71,84)(H,72,88)(H,73,90)(H,74,87)(H,75,89)(H,77,91)(H3,65,66,68)(H2,76,78,92)/t39-,40+,41+,42+,43-,44+,45+,46+,47+/m1/s1. The molecule has 4 aromatic rings. The number of nitrogens with one attached hydrogen (secondary N) is 11. The lowest BCUT2D eigenvalue weighted by molar-refractivity contribution is -0.136. The van der Waals surface area contributed by atoms with Crippen LogP contribution in [0.1, 0.15) is 68.2 Å². The van der Waals surface area contributed by atoms with Gasteiger partial charge in [0.1, 0.15) is 54.1 Å². The van der Waals surface area contributed by atoms with Gasteiger partial charge in [0.2, 0.25) is 59.1 Å². The molecule has 13 amide bonds. The average Bonchev–Trinajstić information content (AvgIpc) is 1.60. The Kier molecular flexibility index (Phi) is 30.4. The number of urea groups is 1. The predicted octanol–water partition coefficient (Wildman–Crippen LogP) is -4.93. The van der Waals surface area contributed by atoms with E-state index in [0.717, 1.165) is 0 Å². The van der Waals surface area contributed by atoms with E-state index < -0.39 is 145 Å². The van der Waals surface area contributed by atoms with Gasteiger partial charge in [0.15, 0.2) is 5.96 Å². The first-order valence-corrected chi connectivity index (χ1v) is 29.2. The Bertz CT molecular complexity index is 3180. The summed E-state index contributed by atoms with van der Waals surface area (Å²) in [6.45, 7) is 2.61. The van der Waals surface area contributed by atoms with Crippen molar-refractivity contribution in [3.63, 3.8) is 0 Å². The molecule has 0 aliphatic carbocycles. The van der Waals surface area contributed by atoms with Crippen LogP contribution in [0.3, 0.4) is 0 Å². The number of rotatable bonds is 36. The van der Waals surface area contributed by atoms with Gasteiger partial charge in [-0.25, -0.2) is 10.2 Å². The molecule has 32 heteroatoms. The fourth-order valence-corrected chi connectivity index (χ4v) is 8.98. The number of pyridine rings is 1. The number of benzene rings is 3. The first-order chi connectivity index (χ1) is 43.7. The van der Waals surface area contributed by atoms with Crippen LogP contribution in [-0.4, -0.2) is 167 Å². The zero-order valence-corrected chi connectivity index (χ0v) is 51.0. The van der Waals surface area contributed by atoms with Crippen LogP contribution in [0.5, 0.6) is 5.75 Å². The first-order valence-electron chi connectivity index (χ1n) is 29.2. The van der Waals surface area contributed by atoms with E-state index in [2.05, 4.69) is 68.7 Å². The summed E-state index contributed by atoms with van der Waals surface area (Å²) in [6.07, 6.45) is 0.779. The summed E-state index contributed by atoms with van der Waals surface area (Å²) in [5.41, 5.74) is 34.9. The van der Waals surface area contributed by atoms with E-state index in [-0.39, 0.29) is 69.1 Å². The van der Waals surface area contributed by atoms with Crippen molar-refractivity contribution in [3.8, 4) is 5.75 Å². The molecule has 0 radical (unpaired) electrons. The molecule has 0 fully saturated rings. The van der Waals surface area contributed by atoms with Gasteiger partial charge in [0.25, 0.3) is 5.91 Å². The van der Waals surface area contributed by atoms with Gasteiger partial charge in [0, 0.05) is 45.2 Å².